The third-order valence-electron chi connectivity index (χ3n) is 3.51. The van der Waals surface area contributed by atoms with Gasteiger partial charge in [0.15, 0.2) is 0 Å². The number of aromatic amines is 2. The van der Waals surface area contributed by atoms with Gasteiger partial charge in [0, 0.05) is 12.4 Å². The second kappa shape index (κ2) is 4.20. The molecule has 2 aromatic heterocycles. The van der Waals surface area contributed by atoms with Gasteiger partial charge >= 0.3 is 0 Å². The highest BCUT2D eigenvalue weighted by molar-refractivity contribution is 5.66. The Labute approximate surface area is 97.1 Å². The largest absolute Gasteiger partial charge is 0.359 e. The molecule has 0 bridgehead atoms. The molecular formula is C14H20N2. The van der Waals surface area contributed by atoms with E-state index in [-0.39, 0.29) is 0 Å². The smallest absolute Gasteiger partial charge is 0.0654 e. The Bertz CT molecular complexity index is 443. The van der Waals surface area contributed by atoms with E-state index >= 15 is 0 Å². The van der Waals surface area contributed by atoms with Crippen LogP contribution in [-0.2, 0) is 12.8 Å². The summed E-state index contributed by atoms with van der Waals surface area (Å²) in [5, 5.41) is 0. The summed E-state index contributed by atoms with van der Waals surface area (Å²) in [6.07, 6.45) is 6.42. The zero-order valence-electron chi connectivity index (χ0n) is 10.6. The molecule has 0 aliphatic carbocycles. The third-order valence-corrected chi connectivity index (χ3v) is 3.51. The standard InChI is InChI=1S/C14H20N2/c1-5-11-7-15-13(9(11)3)14-10(4)12(6-2)8-16-14/h7-8,15-16H,5-6H2,1-4H3. The lowest BCUT2D eigenvalue weighted by molar-refractivity contribution is 1.12. The first-order chi connectivity index (χ1) is 7.69. The van der Waals surface area contributed by atoms with Crippen molar-refractivity contribution in [1.29, 1.82) is 0 Å². The number of H-pyrrole nitrogens is 2. The molecule has 0 aliphatic heterocycles. The van der Waals surface area contributed by atoms with Crippen molar-refractivity contribution < 1.29 is 0 Å². The normalized spacial score (nSPS) is 11.0. The monoisotopic (exact) mass is 216 g/mol. The molecule has 2 rings (SSSR count). The topological polar surface area (TPSA) is 31.6 Å². The second-order valence-corrected chi connectivity index (χ2v) is 4.33. The Morgan fingerprint density at radius 1 is 0.812 bits per heavy atom. The van der Waals surface area contributed by atoms with E-state index < -0.39 is 0 Å². The van der Waals surface area contributed by atoms with Gasteiger partial charge in [0.2, 0.25) is 0 Å². The minimum absolute atomic E-state index is 1.09. The molecule has 2 nitrogen and oxygen atoms in total. The van der Waals surface area contributed by atoms with Gasteiger partial charge in [-0.25, -0.2) is 0 Å². The van der Waals surface area contributed by atoms with E-state index in [1.807, 2.05) is 0 Å². The van der Waals surface area contributed by atoms with Crippen molar-refractivity contribution in [2.75, 3.05) is 0 Å². The molecule has 0 radical (unpaired) electrons. The molecule has 0 saturated heterocycles. The lowest BCUT2D eigenvalue weighted by atomic mass is 10.0. The summed E-state index contributed by atoms with van der Waals surface area (Å²) < 4.78 is 0. The highest BCUT2D eigenvalue weighted by Gasteiger charge is 2.12. The molecule has 2 heterocycles. The lowest BCUT2D eigenvalue weighted by Crippen LogP contribution is -1.86. The molecule has 0 atom stereocenters. The highest BCUT2D eigenvalue weighted by atomic mass is 14.8. The van der Waals surface area contributed by atoms with E-state index in [1.54, 1.807) is 0 Å². The summed E-state index contributed by atoms with van der Waals surface area (Å²) in [4.78, 5) is 6.78. The van der Waals surface area contributed by atoms with Gasteiger partial charge in [0.05, 0.1) is 11.4 Å². The van der Waals surface area contributed by atoms with Gasteiger partial charge in [-0.3, -0.25) is 0 Å². The molecule has 0 aromatic carbocycles. The zero-order chi connectivity index (χ0) is 11.7. The van der Waals surface area contributed by atoms with Crippen molar-refractivity contribution in [2.45, 2.75) is 40.5 Å². The van der Waals surface area contributed by atoms with Crippen molar-refractivity contribution in [1.82, 2.24) is 9.97 Å². The van der Waals surface area contributed by atoms with E-state index in [0.29, 0.717) is 0 Å². The van der Waals surface area contributed by atoms with Crippen LogP contribution in [0.5, 0.6) is 0 Å². The Morgan fingerprint density at radius 3 is 1.44 bits per heavy atom. The van der Waals surface area contributed by atoms with Crippen LogP contribution in [0.1, 0.15) is 36.1 Å². The van der Waals surface area contributed by atoms with E-state index in [1.165, 1.54) is 33.6 Å². The summed E-state index contributed by atoms with van der Waals surface area (Å²) >= 11 is 0. The van der Waals surface area contributed by atoms with Crippen LogP contribution in [-0.4, -0.2) is 9.97 Å². The number of rotatable bonds is 3. The molecule has 16 heavy (non-hydrogen) atoms. The van der Waals surface area contributed by atoms with Crippen LogP contribution >= 0.6 is 0 Å². The SMILES string of the molecule is CCc1c[nH]c(-c2[nH]cc(CC)c2C)c1C. The Balaban J connectivity index is 2.50. The van der Waals surface area contributed by atoms with Crippen LogP contribution < -0.4 is 0 Å². The number of aryl methyl sites for hydroxylation is 2. The third kappa shape index (κ3) is 1.58. The maximum Gasteiger partial charge on any atom is 0.0654 e. The first kappa shape index (κ1) is 11.1. The van der Waals surface area contributed by atoms with Gasteiger partial charge in [-0.1, -0.05) is 13.8 Å². The quantitative estimate of drug-likeness (QED) is 0.783. The molecule has 0 unspecified atom stereocenters. The maximum absolute atomic E-state index is 3.39. The molecule has 0 amide bonds. The first-order valence-corrected chi connectivity index (χ1v) is 6.03. The first-order valence-electron chi connectivity index (χ1n) is 6.03. The molecule has 2 N–H and O–H groups in total. The Kier molecular flexibility index (Phi) is 2.90. The van der Waals surface area contributed by atoms with Gasteiger partial charge in [-0.15, -0.1) is 0 Å². The number of nitrogens with one attached hydrogen (secondary N) is 2. The Hall–Kier alpha value is -1.44. The van der Waals surface area contributed by atoms with Crippen molar-refractivity contribution in [3.8, 4) is 11.4 Å². The van der Waals surface area contributed by atoms with E-state index in [9.17, 15) is 0 Å². The number of aromatic nitrogens is 2. The predicted molar refractivity (Wildman–Crippen MR) is 68.8 cm³/mol. The minimum Gasteiger partial charge on any atom is -0.359 e. The zero-order valence-corrected chi connectivity index (χ0v) is 10.6. The summed E-state index contributed by atoms with van der Waals surface area (Å²) in [5.41, 5.74) is 8.04. The van der Waals surface area contributed by atoms with Gasteiger partial charge in [0.25, 0.3) is 0 Å². The van der Waals surface area contributed by atoms with Crippen LogP contribution in [0.3, 0.4) is 0 Å². The van der Waals surface area contributed by atoms with Gasteiger partial charge in [-0.2, -0.15) is 0 Å². The molecule has 2 heteroatoms. The van der Waals surface area contributed by atoms with Gasteiger partial charge in [-0.05, 0) is 48.9 Å². The summed E-state index contributed by atoms with van der Waals surface area (Å²) in [6, 6.07) is 0. The van der Waals surface area contributed by atoms with Crippen molar-refractivity contribution in [3.63, 3.8) is 0 Å². The molecular weight excluding hydrogens is 196 g/mol. The van der Waals surface area contributed by atoms with Crippen LogP contribution in [0.2, 0.25) is 0 Å². The van der Waals surface area contributed by atoms with E-state index in [0.717, 1.165) is 12.8 Å². The summed E-state index contributed by atoms with van der Waals surface area (Å²) in [6.45, 7) is 8.77. The number of hydrogen-bond donors (Lipinski definition) is 2. The summed E-state index contributed by atoms with van der Waals surface area (Å²) in [5.74, 6) is 0. The molecule has 0 fully saturated rings. The lowest BCUT2D eigenvalue weighted by Gasteiger charge is -2.02. The average molecular weight is 216 g/mol. The molecule has 0 aliphatic rings. The van der Waals surface area contributed by atoms with Crippen molar-refractivity contribution in [2.24, 2.45) is 0 Å². The fraction of sp³-hybridized carbons (Fsp3) is 0.429. The fourth-order valence-corrected chi connectivity index (χ4v) is 2.33. The van der Waals surface area contributed by atoms with Gasteiger partial charge < -0.3 is 9.97 Å². The van der Waals surface area contributed by atoms with E-state index in [4.69, 9.17) is 0 Å². The molecule has 0 saturated carbocycles. The maximum atomic E-state index is 3.39. The number of hydrogen-bond acceptors (Lipinski definition) is 0. The molecule has 86 valence electrons. The van der Waals surface area contributed by atoms with Crippen molar-refractivity contribution >= 4 is 0 Å². The van der Waals surface area contributed by atoms with Crippen molar-refractivity contribution in [3.05, 3.63) is 34.6 Å². The second-order valence-electron chi connectivity index (χ2n) is 4.33. The Morgan fingerprint density at radius 2 is 1.19 bits per heavy atom. The predicted octanol–water partition coefficient (Wildman–Crippen LogP) is 3.75. The molecule has 0 spiro atoms. The van der Waals surface area contributed by atoms with Crippen LogP contribution in [0.15, 0.2) is 12.4 Å². The van der Waals surface area contributed by atoms with Crippen LogP contribution in [0.4, 0.5) is 0 Å². The summed E-state index contributed by atoms with van der Waals surface area (Å²) in [7, 11) is 0. The molecule has 2 aromatic rings. The van der Waals surface area contributed by atoms with E-state index in [2.05, 4.69) is 50.1 Å². The van der Waals surface area contributed by atoms with Gasteiger partial charge in [0.1, 0.15) is 0 Å². The minimum atomic E-state index is 1.09. The average Bonchev–Trinajstić information content (AvgIpc) is 2.82. The fourth-order valence-electron chi connectivity index (χ4n) is 2.33. The van der Waals surface area contributed by atoms with Crippen LogP contribution in [0.25, 0.3) is 11.4 Å². The highest BCUT2D eigenvalue weighted by Crippen LogP contribution is 2.28. The van der Waals surface area contributed by atoms with Crippen LogP contribution in [0, 0.1) is 13.8 Å².